The van der Waals surface area contributed by atoms with E-state index in [4.69, 9.17) is 10.5 Å². The van der Waals surface area contributed by atoms with Crippen molar-refractivity contribution in [2.75, 3.05) is 37.0 Å². The van der Waals surface area contributed by atoms with E-state index in [1.807, 2.05) is 25.1 Å². The lowest BCUT2D eigenvalue weighted by Gasteiger charge is -2.31. The number of hydrogen-bond donors (Lipinski definition) is 2. The van der Waals surface area contributed by atoms with Gasteiger partial charge in [0.1, 0.15) is 12.4 Å². The van der Waals surface area contributed by atoms with Crippen LogP contribution in [0, 0.1) is 6.92 Å². The number of nitrogens with two attached hydrogens (primary N) is 1. The number of carbonyl (C=O) groups excluding carboxylic acids is 1. The lowest BCUT2D eigenvalue weighted by molar-refractivity contribution is -0.121. The summed E-state index contributed by atoms with van der Waals surface area (Å²) in [4.78, 5) is 18.9. The summed E-state index contributed by atoms with van der Waals surface area (Å²) in [5.41, 5.74) is 8.49. The topological polar surface area (TPSA) is 80.0 Å². The predicted octanol–water partition coefficient (Wildman–Crippen LogP) is 2.07. The molecule has 1 aliphatic carbocycles. The molecule has 1 aliphatic heterocycles. The second-order valence-electron chi connectivity index (χ2n) is 6.66. The van der Waals surface area contributed by atoms with Crippen molar-refractivity contribution in [1.82, 2.24) is 0 Å². The van der Waals surface area contributed by atoms with E-state index in [1.165, 1.54) is 0 Å². The Hall–Kier alpha value is -1.92. The smallest absolute Gasteiger partial charge is 0.244 e. The quantitative estimate of drug-likeness (QED) is 0.889. The van der Waals surface area contributed by atoms with E-state index in [0.29, 0.717) is 13.2 Å². The number of anilines is 2. The molecule has 1 aromatic rings. The van der Waals surface area contributed by atoms with Crippen LogP contribution < -0.4 is 16.0 Å². The lowest BCUT2D eigenvalue weighted by Crippen LogP contribution is -2.48. The number of carbonyl (C=O) groups is 1. The standard InChI is InChI=1S/C18H26N4O2/c1-13-11-14(21-17(23)18(19)7-3-4-8-18)5-6-15(13)22-9-10-24-12-16(22)20-2/h5-6,11H,3-4,7-10,12,19H2,1-2H3,(H,21,23). The van der Waals surface area contributed by atoms with Crippen LogP contribution in [-0.4, -0.2) is 44.1 Å². The summed E-state index contributed by atoms with van der Waals surface area (Å²) in [6, 6.07) is 5.95. The van der Waals surface area contributed by atoms with Gasteiger partial charge in [-0.05, 0) is 43.5 Å². The second-order valence-corrected chi connectivity index (χ2v) is 6.66. The average molecular weight is 330 g/mol. The van der Waals surface area contributed by atoms with Crippen molar-refractivity contribution in [3.05, 3.63) is 23.8 Å². The summed E-state index contributed by atoms with van der Waals surface area (Å²) in [6.45, 7) is 4.05. The Kier molecular flexibility index (Phi) is 4.87. The second kappa shape index (κ2) is 6.91. The highest BCUT2D eigenvalue weighted by Gasteiger charge is 2.37. The number of nitrogens with one attached hydrogen (secondary N) is 1. The summed E-state index contributed by atoms with van der Waals surface area (Å²) in [6.07, 6.45) is 3.58. The number of amidine groups is 1. The summed E-state index contributed by atoms with van der Waals surface area (Å²) in [5.74, 6) is 0.849. The van der Waals surface area contributed by atoms with Gasteiger partial charge in [-0.1, -0.05) is 12.8 Å². The van der Waals surface area contributed by atoms with Crippen LogP contribution in [0.15, 0.2) is 23.2 Å². The summed E-state index contributed by atoms with van der Waals surface area (Å²) in [5, 5.41) is 2.98. The van der Waals surface area contributed by atoms with Crippen molar-refractivity contribution in [2.24, 2.45) is 10.7 Å². The molecule has 0 spiro atoms. The molecule has 1 aromatic carbocycles. The van der Waals surface area contributed by atoms with Crippen molar-refractivity contribution in [3.8, 4) is 0 Å². The third-order valence-electron chi connectivity index (χ3n) is 4.95. The molecule has 130 valence electrons. The molecule has 6 nitrogen and oxygen atoms in total. The van der Waals surface area contributed by atoms with Crippen LogP contribution in [0.5, 0.6) is 0 Å². The van der Waals surface area contributed by atoms with E-state index in [1.54, 1.807) is 7.05 Å². The monoisotopic (exact) mass is 330 g/mol. The molecular weight excluding hydrogens is 304 g/mol. The van der Waals surface area contributed by atoms with Crippen LogP contribution in [-0.2, 0) is 9.53 Å². The molecule has 1 heterocycles. The molecule has 0 bridgehead atoms. The lowest BCUT2D eigenvalue weighted by atomic mass is 9.98. The average Bonchev–Trinajstić information content (AvgIpc) is 3.03. The predicted molar refractivity (Wildman–Crippen MR) is 96.7 cm³/mol. The molecule has 0 aromatic heterocycles. The van der Waals surface area contributed by atoms with Gasteiger partial charge in [0.05, 0.1) is 12.1 Å². The third kappa shape index (κ3) is 3.30. The first-order valence-electron chi connectivity index (χ1n) is 8.55. The van der Waals surface area contributed by atoms with Crippen LogP contribution in [0.25, 0.3) is 0 Å². The van der Waals surface area contributed by atoms with Gasteiger partial charge in [-0.15, -0.1) is 0 Å². The zero-order chi connectivity index (χ0) is 17.2. The van der Waals surface area contributed by atoms with Gasteiger partial charge in [0, 0.05) is 25.0 Å². The number of aliphatic imine (C=N–C) groups is 1. The Morgan fingerprint density at radius 1 is 1.38 bits per heavy atom. The minimum Gasteiger partial charge on any atom is -0.372 e. The van der Waals surface area contributed by atoms with E-state index >= 15 is 0 Å². The minimum absolute atomic E-state index is 0.0747. The van der Waals surface area contributed by atoms with Crippen molar-refractivity contribution in [1.29, 1.82) is 0 Å². The number of morpholine rings is 1. The van der Waals surface area contributed by atoms with Gasteiger partial charge in [0.15, 0.2) is 0 Å². The molecule has 2 aliphatic rings. The maximum atomic E-state index is 12.5. The van der Waals surface area contributed by atoms with Crippen molar-refractivity contribution in [2.45, 2.75) is 38.1 Å². The van der Waals surface area contributed by atoms with Crippen molar-refractivity contribution in [3.63, 3.8) is 0 Å². The van der Waals surface area contributed by atoms with E-state index in [2.05, 4.69) is 15.2 Å². The molecule has 2 fully saturated rings. The summed E-state index contributed by atoms with van der Waals surface area (Å²) in [7, 11) is 1.78. The summed E-state index contributed by atoms with van der Waals surface area (Å²) >= 11 is 0. The van der Waals surface area contributed by atoms with Crippen LogP contribution >= 0.6 is 0 Å². The highest BCUT2D eigenvalue weighted by Crippen LogP contribution is 2.30. The Morgan fingerprint density at radius 3 is 2.79 bits per heavy atom. The van der Waals surface area contributed by atoms with Gasteiger partial charge in [-0.25, -0.2) is 0 Å². The molecule has 0 unspecified atom stereocenters. The number of hydrogen-bond acceptors (Lipinski definition) is 4. The Labute approximate surface area is 143 Å². The van der Waals surface area contributed by atoms with Gasteiger partial charge in [-0.2, -0.15) is 0 Å². The first-order chi connectivity index (χ1) is 11.5. The zero-order valence-corrected chi connectivity index (χ0v) is 14.5. The molecule has 1 saturated heterocycles. The fourth-order valence-electron chi connectivity index (χ4n) is 3.50. The van der Waals surface area contributed by atoms with Crippen LogP contribution in [0.3, 0.4) is 0 Å². The molecule has 0 atom stereocenters. The first-order valence-corrected chi connectivity index (χ1v) is 8.55. The van der Waals surface area contributed by atoms with Gasteiger partial charge in [0.25, 0.3) is 0 Å². The van der Waals surface area contributed by atoms with Crippen LogP contribution in [0.2, 0.25) is 0 Å². The van der Waals surface area contributed by atoms with E-state index in [-0.39, 0.29) is 5.91 Å². The number of nitrogens with zero attached hydrogens (tertiary/aromatic N) is 2. The Bertz CT molecular complexity index is 650. The molecule has 0 radical (unpaired) electrons. The molecule has 24 heavy (non-hydrogen) atoms. The summed E-state index contributed by atoms with van der Waals surface area (Å²) < 4.78 is 5.47. The largest absolute Gasteiger partial charge is 0.372 e. The van der Waals surface area contributed by atoms with E-state index < -0.39 is 5.54 Å². The fraction of sp³-hybridized carbons (Fsp3) is 0.556. The highest BCUT2D eigenvalue weighted by molar-refractivity contribution is 6.01. The van der Waals surface area contributed by atoms with Crippen molar-refractivity contribution < 1.29 is 9.53 Å². The molecule has 1 amide bonds. The maximum Gasteiger partial charge on any atom is 0.244 e. The van der Waals surface area contributed by atoms with Gasteiger partial charge >= 0.3 is 0 Å². The molecule has 3 N–H and O–H groups in total. The van der Waals surface area contributed by atoms with Gasteiger partial charge in [-0.3, -0.25) is 9.79 Å². The Balaban J connectivity index is 1.76. The SMILES string of the molecule is CN=C1COCCN1c1ccc(NC(=O)C2(N)CCCC2)cc1C. The van der Waals surface area contributed by atoms with Crippen molar-refractivity contribution >= 4 is 23.1 Å². The molecular formula is C18H26N4O2. The maximum absolute atomic E-state index is 12.5. The zero-order valence-electron chi connectivity index (χ0n) is 14.5. The number of aryl methyl sites for hydroxylation is 1. The third-order valence-corrected chi connectivity index (χ3v) is 4.95. The molecule has 6 heteroatoms. The van der Waals surface area contributed by atoms with Gasteiger partial charge in [0.2, 0.25) is 5.91 Å². The normalized spacial score (nSPS) is 22.0. The minimum atomic E-state index is -0.710. The van der Waals surface area contributed by atoms with Crippen LogP contribution in [0.1, 0.15) is 31.2 Å². The highest BCUT2D eigenvalue weighted by atomic mass is 16.5. The Morgan fingerprint density at radius 2 is 2.12 bits per heavy atom. The molecule has 1 saturated carbocycles. The number of benzene rings is 1. The number of ether oxygens (including phenoxy) is 1. The van der Waals surface area contributed by atoms with Crippen LogP contribution in [0.4, 0.5) is 11.4 Å². The van der Waals surface area contributed by atoms with E-state index in [9.17, 15) is 4.79 Å². The van der Waals surface area contributed by atoms with E-state index in [0.717, 1.165) is 55.0 Å². The first kappa shape index (κ1) is 16.9. The van der Waals surface area contributed by atoms with Gasteiger partial charge < -0.3 is 20.7 Å². The number of rotatable bonds is 3. The molecule has 3 rings (SSSR count). The fourth-order valence-corrected chi connectivity index (χ4v) is 3.50. The number of amides is 1.